The minimum atomic E-state index is -4.63. The first-order valence-electron chi connectivity index (χ1n) is 5.85. The second-order valence-corrected chi connectivity index (χ2v) is 5.91. The zero-order valence-corrected chi connectivity index (χ0v) is 11.7. The first-order chi connectivity index (χ1) is 9.60. The van der Waals surface area contributed by atoms with Gasteiger partial charge in [0, 0.05) is 5.56 Å². The lowest BCUT2D eigenvalue weighted by molar-refractivity contribution is -0.137. The third-order valence-electron chi connectivity index (χ3n) is 2.94. The van der Waals surface area contributed by atoms with Crippen molar-refractivity contribution < 1.29 is 26.1 Å². The Hall–Kier alpha value is -1.86. The number of halogens is 3. The van der Waals surface area contributed by atoms with Crippen molar-refractivity contribution in [2.45, 2.75) is 18.0 Å². The molecule has 2 aromatic rings. The highest BCUT2D eigenvalue weighted by atomic mass is 32.2. The fourth-order valence-corrected chi connectivity index (χ4v) is 2.73. The second-order valence-electron chi connectivity index (χ2n) is 4.52. The quantitative estimate of drug-likeness (QED) is 0.854. The lowest BCUT2D eigenvalue weighted by atomic mass is 9.98. The van der Waals surface area contributed by atoms with Gasteiger partial charge in [-0.1, -0.05) is 35.9 Å². The Morgan fingerprint density at radius 2 is 1.62 bits per heavy atom. The molecule has 2 aromatic carbocycles. The molecule has 1 N–H and O–H groups in total. The van der Waals surface area contributed by atoms with E-state index < -0.39 is 26.8 Å². The molecule has 0 aliphatic rings. The molecular formula is C14H11F3O3S. The summed E-state index contributed by atoms with van der Waals surface area (Å²) >= 11 is 0. The molecule has 0 spiro atoms. The highest BCUT2D eigenvalue weighted by Gasteiger charge is 2.34. The van der Waals surface area contributed by atoms with E-state index in [9.17, 15) is 26.1 Å². The largest absolute Gasteiger partial charge is 0.417 e. The molecule has 0 saturated heterocycles. The van der Waals surface area contributed by atoms with Crippen LogP contribution in [0.1, 0.15) is 11.1 Å². The Kier molecular flexibility index (Phi) is 3.81. The maximum absolute atomic E-state index is 13.1. The van der Waals surface area contributed by atoms with E-state index in [1.165, 1.54) is 30.3 Å². The first kappa shape index (κ1) is 15.5. The van der Waals surface area contributed by atoms with E-state index in [2.05, 4.69) is 0 Å². The number of benzene rings is 2. The zero-order chi connectivity index (χ0) is 15.8. The molecule has 3 nitrogen and oxygen atoms in total. The number of hydrogen-bond acceptors (Lipinski definition) is 2. The van der Waals surface area contributed by atoms with Crippen LogP contribution in [0.25, 0.3) is 11.1 Å². The molecule has 0 saturated carbocycles. The molecule has 21 heavy (non-hydrogen) atoms. The fourth-order valence-electron chi connectivity index (χ4n) is 2.04. The number of rotatable bonds is 2. The van der Waals surface area contributed by atoms with Crippen molar-refractivity contribution in [2.75, 3.05) is 0 Å². The van der Waals surface area contributed by atoms with Gasteiger partial charge in [-0.15, -0.1) is 0 Å². The van der Waals surface area contributed by atoms with E-state index in [1.54, 1.807) is 6.92 Å². The summed E-state index contributed by atoms with van der Waals surface area (Å²) < 4.78 is 71.1. The van der Waals surface area contributed by atoms with Crippen LogP contribution < -0.4 is 0 Å². The third kappa shape index (κ3) is 3.25. The summed E-state index contributed by atoms with van der Waals surface area (Å²) in [7, 11) is -4.63. The highest BCUT2D eigenvalue weighted by Crippen LogP contribution is 2.39. The molecule has 0 aromatic heterocycles. The lowest BCUT2D eigenvalue weighted by Crippen LogP contribution is -2.09. The number of hydrogen-bond donors (Lipinski definition) is 1. The van der Waals surface area contributed by atoms with Crippen LogP contribution in [0.2, 0.25) is 0 Å². The lowest BCUT2D eigenvalue weighted by Gasteiger charge is -2.15. The van der Waals surface area contributed by atoms with Crippen LogP contribution in [-0.4, -0.2) is 13.0 Å². The van der Waals surface area contributed by atoms with Crippen LogP contribution in [-0.2, 0) is 16.3 Å². The summed E-state index contributed by atoms with van der Waals surface area (Å²) in [5, 5.41) is 0. The first-order valence-corrected chi connectivity index (χ1v) is 7.29. The highest BCUT2D eigenvalue weighted by molar-refractivity contribution is 7.86. The Balaban J connectivity index is 2.83. The van der Waals surface area contributed by atoms with Crippen LogP contribution in [0.4, 0.5) is 13.2 Å². The minimum absolute atomic E-state index is 0.176. The molecule has 0 radical (unpaired) electrons. The molecule has 0 amide bonds. The summed E-state index contributed by atoms with van der Waals surface area (Å²) in [6.07, 6.45) is -4.63. The molecule has 2 rings (SSSR count). The van der Waals surface area contributed by atoms with Crippen molar-refractivity contribution in [1.29, 1.82) is 0 Å². The van der Waals surface area contributed by atoms with Gasteiger partial charge in [0.05, 0.1) is 5.56 Å². The van der Waals surface area contributed by atoms with E-state index in [0.717, 1.165) is 12.1 Å². The van der Waals surface area contributed by atoms with Crippen LogP contribution in [0, 0.1) is 6.92 Å². The van der Waals surface area contributed by atoms with Crippen molar-refractivity contribution in [1.82, 2.24) is 0 Å². The Morgan fingerprint density at radius 3 is 2.19 bits per heavy atom. The van der Waals surface area contributed by atoms with Crippen molar-refractivity contribution in [2.24, 2.45) is 0 Å². The number of aryl methyl sites for hydroxylation is 1. The van der Waals surface area contributed by atoms with Gasteiger partial charge in [-0.2, -0.15) is 21.6 Å². The second kappa shape index (κ2) is 5.16. The van der Waals surface area contributed by atoms with Crippen molar-refractivity contribution in [3.63, 3.8) is 0 Å². The minimum Gasteiger partial charge on any atom is -0.282 e. The summed E-state index contributed by atoms with van der Waals surface area (Å²) in [6, 6.07) is 8.43. The molecule has 0 fully saturated rings. The van der Waals surface area contributed by atoms with Gasteiger partial charge in [-0.05, 0) is 24.6 Å². The molecule has 0 bridgehead atoms. The van der Waals surface area contributed by atoms with Gasteiger partial charge in [0.1, 0.15) is 4.90 Å². The zero-order valence-electron chi connectivity index (χ0n) is 10.8. The molecular weight excluding hydrogens is 305 g/mol. The van der Waals surface area contributed by atoms with E-state index in [4.69, 9.17) is 0 Å². The normalized spacial score (nSPS) is 12.4. The molecule has 0 atom stereocenters. The Morgan fingerprint density at radius 1 is 1.00 bits per heavy atom. The predicted octanol–water partition coefficient (Wildman–Crippen LogP) is 3.93. The van der Waals surface area contributed by atoms with Gasteiger partial charge in [0.15, 0.2) is 0 Å². The van der Waals surface area contributed by atoms with Crippen molar-refractivity contribution in [3.8, 4) is 11.1 Å². The van der Waals surface area contributed by atoms with E-state index in [0.29, 0.717) is 5.56 Å². The van der Waals surface area contributed by atoms with E-state index >= 15 is 0 Å². The Labute approximate surface area is 119 Å². The smallest absolute Gasteiger partial charge is 0.282 e. The SMILES string of the molecule is Cc1ccc(S(=O)(=O)O)c(-c2ccccc2C(F)(F)F)c1. The molecule has 0 heterocycles. The maximum Gasteiger partial charge on any atom is 0.417 e. The standard InChI is InChI=1S/C14H11F3O3S/c1-9-6-7-13(21(18,19)20)11(8-9)10-4-2-3-5-12(10)14(15,16)17/h2-8H,1H3,(H,18,19,20). The van der Waals surface area contributed by atoms with E-state index in [-0.39, 0.29) is 11.1 Å². The molecule has 112 valence electrons. The van der Waals surface area contributed by atoms with Gasteiger partial charge >= 0.3 is 6.18 Å². The van der Waals surface area contributed by atoms with Crippen LogP contribution >= 0.6 is 0 Å². The van der Waals surface area contributed by atoms with Crippen LogP contribution in [0.5, 0.6) is 0 Å². The third-order valence-corrected chi connectivity index (χ3v) is 3.85. The van der Waals surface area contributed by atoms with Gasteiger partial charge in [-0.3, -0.25) is 4.55 Å². The summed E-state index contributed by atoms with van der Waals surface area (Å²) in [5.41, 5.74) is -0.846. The summed E-state index contributed by atoms with van der Waals surface area (Å²) in [6.45, 7) is 1.62. The van der Waals surface area contributed by atoms with Crippen LogP contribution in [0.15, 0.2) is 47.4 Å². The predicted molar refractivity (Wildman–Crippen MR) is 71.4 cm³/mol. The fraction of sp³-hybridized carbons (Fsp3) is 0.143. The molecule has 0 unspecified atom stereocenters. The average Bonchev–Trinajstić information content (AvgIpc) is 2.36. The van der Waals surface area contributed by atoms with Crippen molar-refractivity contribution >= 4 is 10.1 Å². The van der Waals surface area contributed by atoms with Crippen LogP contribution in [0.3, 0.4) is 0 Å². The molecule has 0 aliphatic heterocycles. The number of alkyl halides is 3. The average molecular weight is 316 g/mol. The van der Waals surface area contributed by atoms with Gasteiger partial charge in [0.25, 0.3) is 10.1 Å². The monoisotopic (exact) mass is 316 g/mol. The van der Waals surface area contributed by atoms with Gasteiger partial charge < -0.3 is 0 Å². The topological polar surface area (TPSA) is 54.4 Å². The Bertz CT molecular complexity index is 780. The molecule has 7 heteroatoms. The van der Waals surface area contributed by atoms with E-state index in [1.807, 2.05) is 0 Å². The summed E-state index contributed by atoms with van der Waals surface area (Å²) in [4.78, 5) is -0.551. The van der Waals surface area contributed by atoms with Gasteiger partial charge in [-0.25, -0.2) is 0 Å². The molecule has 0 aliphatic carbocycles. The van der Waals surface area contributed by atoms with Gasteiger partial charge in [0.2, 0.25) is 0 Å². The van der Waals surface area contributed by atoms with Crippen molar-refractivity contribution in [3.05, 3.63) is 53.6 Å². The summed E-state index contributed by atoms with van der Waals surface area (Å²) in [5.74, 6) is 0. The maximum atomic E-state index is 13.1.